The van der Waals surface area contributed by atoms with E-state index >= 15 is 0 Å². The van der Waals surface area contributed by atoms with E-state index in [9.17, 15) is 9.90 Å². The summed E-state index contributed by atoms with van der Waals surface area (Å²) in [6.45, 7) is 3.76. The molecule has 0 saturated heterocycles. The molecule has 1 aromatic carbocycles. The van der Waals surface area contributed by atoms with Crippen molar-refractivity contribution in [3.8, 4) is 11.3 Å². The van der Waals surface area contributed by atoms with Crippen molar-refractivity contribution in [2.45, 2.75) is 26.4 Å². The molecule has 0 fully saturated rings. The number of hydrogen-bond acceptors (Lipinski definition) is 4. The monoisotopic (exact) mass is 274 g/mol. The van der Waals surface area contributed by atoms with E-state index in [1.54, 1.807) is 18.3 Å². The highest BCUT2D eigenvalue weighted by molar-refractivity contribution is 5.91. The summed E-state index contributed by atoms with van der Waals surface area (Å²) in [6, 6.07) is 7.26. The first-order valence-electron chi connectivity index (χ1n) is 6.53. The van der Waals surface area contributed by atoms with Crippen molar-refractivity contribution in [1.29, 1.82) is 0 Å². The lowest BCUT2D eigenvalue weighted by atomic mass is 10.0. The van der Waals surface area contributed by atoms with Crippen LogP contribution in [0.4, 0.5) is 5.69 Å². The number of aliphatic hydroxyl groups excluding tert-OH is 1. The lowest BCUT2D eigenvalue weighted by Crippen LogP contribution is -2.23. The molecule has 1 heterocycles. The SMILES string of the molecule is CC(C)C(O)CC(=O)Nc1ccc(-c2cnco2)cc1. The van der Waals surface area contributed by atoms with Gasteiger partial charge in [0, 0.05) is 11.3 Å². The molecule has 5 nitrogen and oxygen atoms in total. The zero-order valence-corrected chi connectivity index (χ0v) is 11.5. The average Bonchev–Trinajstić information content (AvgIpc) is 2.93. The fraction of sp³-hybridized carbons (Fsp3) is 0.333. The summed E-state index contributed by atoms with van der Waals surface area (Å²) >= 11 is 0. The van der Waals surface area contributed by atoms with Crippen molar-refractivity contribution in [2.24, 2.45) is 5.92 Å². The van der Waals surface area contributed by atoms with Gasteiger partial charge in [-0.15, -0.1) is 0 Å². The number of rotatable bonds is 5. The van der Waals surface area contributed by atoms with Gasteiger partial charge in [0.1, 0.15) is 0 Å². The summed E-state index contributed by atoms with van der Waals surface area (Å²) < 4.78 is 5.19. The number of amides is 1. The number of nitrogens with zero attached hydrogens (tertiary/aromatic N) is 1. The Hall–Kier alpha value is -2.14. The van der Waals surface area contributed by atoms with Crippen molar-refractivity contribution in [1.82, 2.24) is 4.98 Å². The number of aromatic nitrogens is 1. The van der Waals surface area contributed by atoms with Gasteiger partial charge in [-0.25, -0.2) is 4.98 Å². The molecular weight excluding hydrogens is 256 g/mol. The molecule has 0 aliphatic heterocycles. The molecule has 0 spiro atoms. The van der Waals surface area contributed by atoms with Gasteiger partial charge in [-0.1, -0.05) is 13.8 Å². The minimum Gasteiger partial charge on any atom is -0.444 e. The van der Waals surface area contributed by atoms with Crippen LogP contribution in [0.3, 0.4) is 0 Å². The van der Waals surface area contributed by atoms with E-state index in [1.165, 1.54) is 6.39 Å². The van der Waals surface area contributed by atoms with Crippen LogP contribution in [0.1, 0.15) is 20.3 Å². The Kier molecular flexibility index (Phi) is 4.53. The van der Waals surface area contributed by atoms with Gasteiger partial charge in [0.05, 0.1) is 18.7 Å². The first kappa shape index (κ1) is 14.3. The number of carbonyl (C=O) groups excluding carboxylic acids is 1. The zero-order chi connectivity index (χ0) is 14.5. The molecule has 0 radical (unpaired) electrons. The highest BCUT2D eigenvalue weighted by atomic mass is 16.3. The third-order valence-corrected chi connectivity index (χ3v) is 3.05. The highest BCUT2D eigenvalue weighted by Gasteiger charge is 2.14. The summed E-state index contributed by atoms with van der Waals surface area (Å²) in [5.41, 5.74) is 1.58. The van der Waals surface area contributed by atoms with Crippen molar-refractivity contribution in [3.63, 3.8) is 0 Å². The van der Waals surface area contributed by atoms with E-state index in [4.69, 9.17) is 4.42 Å². The number of oxazole rings is 1. The van der Waals surface area contributed by atoms with E-state index in [0.717, 1.165) is 5.56 Å². The lowest BCUT2D eigenvalue weighted by molar-refractivity contribution is -0.118. The normalized spacial score (nSPS) is 12.4. The quantitative estimate of drug-likeness (QED) is 0.879. The summed E-state index contributed by atoms with van der Waals surface area (Å²) in [5, 5.41) is 12.4. The number of benzene rings is 1. The highest BCUT2D eigenvalue weighted by Crippen LogP contribution is 2.20. The van der Waals surface area contributed by atoms with Crippen LogP contribution >= 0.6 is 0 Å². The molecule has 106 valence electrons. The van der Waals surface area contributed by atoms with Gasteiger partial charge in [-0.3, -0.25) is 4.79 Å². The van der Waals surface area contributed by atoms with Crippen LogP contribution in [0.5, 0.6) is 0 Å². The fourth-order valence-electron chi connectivity index (χ4n) is 1.71. The Morgan fingerprint density at radius 2 is 2.05 bits per heavy atom. The van der Waals surface area contributed by atoms with Gasteiger partial charge in [0.2, 0.25) is 5.91 Å². The van der Waals surface area contributed by atoms with Crippen LogP contribution in [0.25, 0.3) is 11.3 Å². The van der Waals surface area contributed by atoms with Crippen molar-refractivity contribution >= 4 is 11.6 Å². The topological polar surface area (TPSA) is 75.4 Å². The number of nitrogens with one attached hydrogen (secondary N) is 1. The van der Waals surface area contributed by atoms with E-state index in [2.05, 4.69) is 10.3 Å². The Labute approximate surface area is 117 Å². The molecule has 2 aromatic rings. The lowest BCUT2D eigenvalue weighted by Gasteiger charge is -2.14. The number of aliphatic hydroxyl groups is 1. The first-order valence-corrected chi connectivity index (χ1v) is 6.53. The van der Waals surface area contributed by atoms with Crippen LogP contribution in [-0.4, -0.2) is 22.1 Å². The molecule has 2 rings (SSSR count). The molecule has 0 saturated carbocycles. The summed E-state index contributed by atoms with van der Waals surface area (Å²) in [6.07, 6.45) is 2.48. The van der Waals surface area contributed by atoms with Crippen LogP contribution in [0.15, 0.2) is 41.3 Å². The van der Waals surface area contributed by atoms with Crippen molar-refractivity contribution < 1.29 is 14.3 Å². The Bertz CT molecular complexity index is 547. The minimum atomic E-state index is -0.622. The van der Waals surface area contributed by atoms with Crippen LogP contribution in [0.2, 0.25) is 0 Å². The number of carbonyl (C=O) groups is 1. The predicted molar refractivity (Wildman–Crippen MR) is 76.0 cm³/mol. The van der Waals surface area contributed by atoms with E-state index in [0.29, 0.717) is 11.4 Å². The molecule has 0 bridgehead atoms. The molecule has 0 aliphatic rings. The summed E-state index contributed by atoms with van der Waals surface area (Å²) in [4.78, 5) is 15.6. The van der Waals surface area contributed by atoms with Gasteiger partial charge in [-0.05, 0) is 30.2 Å². The third kappa shape index (κ3) is 3.68. The maximum absolute atomic E-state index is 11.7. The molecule has 5 heteroatoms. The Morgan fingerprint density at radius 3 is 2.60 bits per heavy atom. The molecule has 1 atom stereocenters. The van der Waals surface area contributed by atoms with Crippen LogP contribution in [-0.2, 0) is 4.79 Å². The van der Waals surface area contributed by atoms with Crippen molar-refractivity contribution in [3.05, 3.63) is 36.9 Å². The Morgan fingerprint density at radius 1 is 1.35 bits per heavy atom. The van der Waals surface area contributed by atoms with Crippen LogP contribution < -0.4 is 5.32 Å². The molecular formula is C15H18N2O3. The third-order valence-electron chi connectivity index (χ3n) is 3.05. The predicted octanol–water partition coefficient (Wildman–Crippen LogP) is 2.69. The van der Waals surface area contributed by atoms with Crippen molar-refractivity contribution in [2.75, 3.05) is 5.32 Å². The van der Waals surface area contributed by atoms with Gasteiger partial charge >= 0.3 is 0 Å². The molecule has 1 aromatic heterocycles. The smallest absolute Gasteiger partial charge is 0.226 e. The van der Waals surface area contributed by atoms with E-state index in [1.807, 2.05) is 26.0 Å². The van der Waals surface area contributed by atoms with Crippen LogP contribution in [0, 0.1) is 5.92 Å². The summed E-state index contributed by atoms with van der Waals surface area (Å²) in [5.74, 6) is 0.548. The van der Waals surface area contributed by atoms with Gasteiger partial charge < -0.3 is 14.8 Å². The van der Waals surface area contributed by atoms with E-state index in [-0.39, 0.29) is 18.2 Å². The largest absolute Gasteiger partial charge is 0.444 e. The van der Waals surface area contributed by atoms with E-state index < -0.39 is 6.10 Å². The second-order valence-corrected chi connectivity index (χ2v) is 5.01. The molecule has 1 amide bonds. The van der Waals surface area contributed by atoms with Gasteiger partial charge in [-0.2, -0.15) is 0 Å². The minimum absolute atomic E-state index is 0.0644. The average molecular weight is 274 g/mol. The first-order chi connectivity index (χ1) is 9.56. The van der Waals surface area contributed by atoms with Gasteiger partial charge in [0.15, 0.2) is 12.2 Å². The molecule has 2 N–H and O–H groups in total. The zero-order valence-electron chi connectivity index (χ0n) is 11.5. The fourth-order valence-corrected chi connectivity index (χ4v) is 1.71. The molecule has 0 aliphatic carbocycles. The number of hydrogen-bond donors (Lipinski definition) is 2. The second-order valence-electron chi connectivity index (χ2n) is 5.01. The number of anilines is 1. The summed E-state index contributed by atoms with van der Waals surface area (Å²) in [7, 11) is 0. The molecule has 1 unspecified atom stereocenters. The standard InChI is InChI=1S/C15H18N2O3/c1-10(2)13(18)7-15(19)17-12-5-3-11(4-6-12)14-8-16-9-20-14/h3-6,8-10,13,18H,7H2,1-2H3,(H,17,19). The second kappa shape index (κ2) is 6.34. The molecule has 20 heavy (non-hydrogen) atoms. The Balaban J connectivity index is 1.95. The van der Waals surface area contributed by atoms with Gasteiger partial charge in [0.25, 0.3) is 0 Å². The maximum Gasteiger partial charge on any atom is 0.226 e. The maximum atomic E-state index is 11.7.